The van der Waals surface area contributed by atoms with Gasteiger partial charge >= 0.3 is 0 Å². The molecule has 1 rings (SSSR count). The number of hydrogen-bond donors (Lipinski definition) is 0. The van der Waals surface area contributed by atoms with Crippen molar-refractivity contribution in [1.82, 2.24) is 0 Å². The van der Waals surface area contributed by atoms with Crippen LogP contribution in [-0.4, -0.2) is 12.9 Å². The maximum absolute atomic E-state index is 10.5. The highest BCUT2D eigenvalue weighted by Gasteiger charge is 2.00. The molecular weight excluding hydrogens is 336 g/mol. The normalized spacial score (nSPS) is 11.4. The van der Waals surface area contributed by atoms with Crippen molar-refractivity contribution < 1.29 is 13.9 Å². The second kappa shape index (κ2) is 18.0. The van der Waals surface area contributed by atoms with Crippen molar-refractivity contribution in [2.45, 2.75) is 103 Å². The van der Waals surface area contributed by atoms with Gasteiger partial charge in [-0.2, -0.15) is 0 Å². The Morgan fingerprint density at radius 1 is 0.815 bits per heavy atom. The summed E-state index contributed by atoms with van der Waals surface area (Å²) in [5, 5.41) is 0. The second-order valence-electron chi connectivity index (χ2n) is 7.41. The van der Waals surface area contributed by atoms with E-state index in [2.05, 4.69) is 19.1 Å². The highest BCUT2D eigenvalue weighted by atomic mass is 16.5. The van der Waals surface area contributed by atoms with Gasteiger partial charge < -0.3 is 9.15 Å². The number of unbranched alkanes of at least 4 members (excludes halogenated alkanes) is 12. The molecule has 0 unspecified atom stereocenters. The molecule has 1 aromatic heterocycles. The Labute approximate surface area is 166 Å². The van der Waals surface area contributed by atoms with E-state index in [1.54, 1.807) is 12.1 Å². The molecule has 0 atom stereocenters. The molecule has 0 aromatic carbocycles. The molecule has 3 nitrogen and oxygen atoms in total. The molecule has 0 aliphatic carbocycles. The third-order valence-corrected chi connectivity index (χ3v) is 4.84. The van der Waals surface area contributed by atoms with Gasteiger partial charge in [0.25, 0.3) is 0 Å². The number of hydrogen-bond acceptors (Lipinski definition) is 3. The number of rotatable bonds is 19. The third kappa shape index (κ3) is 14.4. The van der Waals surface area contributed by atoms with Gasteiger partial charge in [-0.1, -0.05) is 76.9 Å². The van der Waals surface area contributed by atoms with E-state index >= 15 is 0 Å². The van der Waals surface area contributed by atoms with Gasteiger partial charge in [0.05, 0.1) is 0 Å². The molecule has 1 heterocycles. The minimum atomic E-state index is 0.367. The lowest BCUT2D eigenvalue weighted by atomic mass is 10.1. The molecule has 1 aromatic rings. The first-order valence-electron chi connectivity index (χ1n) is 11.1. The molecule has 0 amide bonds. The fraction of sp³-hybridized carbons (Fsp3) is 0.708. The maximum atomic E-state index is 10.5. The van der Waals surface area contributed by atoms with Crippen LogP contribution in [0.2, 0.25) is 0 Å². The lowest BCUT2D eigenvalue weighted by molar-refractivity contribution is 0.0986. The zero-order chi connectivity index (χ0) is 19.4. The minimum absolute atomic E-state index is 0.367. The molecule has 0 radical (unpaired) electrons. The summed E-state index contributed by atoms with van der Waals surface area (Å²) in [6.07, 6.45) is 23.9. The largest absolute Gasteiger partial charge is 0.456 e. The van der Waals surface area contributed by atoms with Crippen LogP contribution in [0.1, 0.15) is 113 Å². The summed E-state index contributed by atoms with van der Waals surface area (Å²) < 4.78 is 10.8. The smallest absolute Gasteiger partial charge is 0.185 e. The Morgan fingerprint density at radius 2 is 1.41 bits per heavy atom. The Kier molecular flexibility index (Phi) is 15.8. The molecule has 0 saturated carbocycles. The van der Waals surface area contributed by atoms with E-state index in [1.807, 2.05) is 0 Å². The number of carbonyl (C=O) groups excluding carboxylic acids is 1. The Morgan fingerprint density at radius 3 is 2.00 bits per heavy atom. The van der Waals surface area contributed by atoms with E-state index < -0.39 is 0 Å². The van der Waals surface area contributed by atoms with Crippen LogP contribution in [0.25, 0.3) is 0 Å². The van der Waals surface area contributed by atoms with E-state index in [0.29, 0.717) is 12.4 Å². The first-order valence-corrected chi connectivity index (χ1v) is 11.1. The van der Waals surface area contributed by atoms with Crippen LogP contribution in [0.4, 0.5) is 0 Å². The fourth-order valence-corrected chi connectivity index (χ4v) is 3.16. The lowest BCUT2D eigenvalue weighted by Gasteiger charge is -2.03. The quantitative estimate of drug-likeness (QED) is 0.141. The predicted molar refractivity (Wildman–Crippen MR) is 113 cm³/mol. The number of ether oxygens (including phenoxy) is 1. The summed E-state index contributed by atoms with van der Waals surface area (Å²) in [5.74, 6) is 1.09. The van der Waals surface area contributed by atoms with Crippen molar-refractivity contribution in [3.63, 3.8) is 0 Å². The molecular formula is C24H40O3. The van der Waals surface area contributed by atoms with Gasteiger partial charge in [0.15, 0.2) is 12.0 Å². The topological polar surface area (TPSA) is 39.4 Å². The number of carbonyl (C=O) groups is 1. The lowest BCUT2D eigenvalue weighted by Crippen LogP contribution is -1.94. The fourth-order valence-electron chi connectivity index (χ4n) is 3.16. The molecule has 27 heavy (non-hydrogen) atoms. The Hall–Kier alpha value is -1.35. The first-order chi connectivity index (χ1) is 13.4. The van der Waals surface area contributed by atoms with Crippen LogP contribution < -0.4 is 0 Å². The van der Waals surface area contributed by atoms with Crippen LogP contribution in [0.15, 0.2) is 28.7 Å². The van der Waals surface area contributed by atoms with E-state index in [-0.39, 0.29) is 0 Å². The Bertz CT molecular complexity index is 476. The second-order valence-corrected chi connectivity index (χ2v) is 7.41. The summed E-state index contributed by atoms with van der Waals surface area (Å²) in [5.41, 5.74) is 0. The van der Waals surface area contributed by atoms with Crippen molar-refractivity contribution in [2.24, 2.45) is 0 Å². The van der Waals surface area contributed by atoms with Crippen LogP contribution >= 0.6 is 0 Å². The number of allylic oxidation sites excluding steroid dienone is 2. The monoisotopic (exact) mass is 376 g/mol. The molecule has 154 valence electrons. The molecule has 0 aliphatic heterocycles. The van der Waals surface area contributed by atoms with Crippen LogP contribution in [0.5, 0.6) is 0 Å². The van der Waals surface area contributed by atoms with E-state index in [4.69, 9.17) is 9.15 Å². The molecule has 0 spiro atoms. The summed E-state index contributed by atoms with van der Waals surface area (Å²) in [6, 6.07) is 3.47. The highest BCUT2D eigenvalue weighted by molar-refractivity contribution is 5.70. The summed E-state index contributed by atoms with van der Waals surface area (Å²) >= 11 is 0. The van der Waals surface area contributed by atoms with Gasteiger partial charge in [0.2, 0.25) is 0 Å². The molecule has 0 N–H and O–H groups in total. The van der Waals surface area contributed by atoms with Crippen molar-refractivity contribution >= 4 is 6.29 Å². The van der Waals surface area contributed by atoms with Crippen molar-refractivity contribution in [3.8, 4) is 0 Å². The SMILES string of the molecule is CCCCCCCC/C=C\CCCCCCCCOCc1ccc(C=O)o1. The summed E-state index contributed by atoms with van der Waals surface area (Å²) in [7, 11) is 0. The molecule has 0 saturated heterocycles. The molecule has 0 fully saturated rings. The summed E-state index contributed by atoms with van der Waals surface area (Å²) in [6.45, 7) is 3.49. The van der Waals surface area contributed by atoms with E-state index in [9.17, 15) is 4.79 Å². The van der Waals surface area contributed by atoms with Gasteiger partial charge in [0.1, 0.15) is 12.4 Å². The van der Waals surface area contributed by atoms with Crippen molar-refractivity contribution in [1.29, 1.82) is 0 Å². The minimum Gasteiger partial charge on any atom is -0.456 e. The maximum Gasteiger partial charge on any atom is 0.185 e. The standard InChI is InChI=1S/C24H40O3/c1-2-3-4-5-6-7-8-9-10-11-12-13-14-15-16-17-20-26-22-24-19-18-23(21-25)27-24/h9-10,18-19,21H,2-8,11-17,20,22H2,1H3/b10-9-. The Balaban J connectivity index is 1.76. The van der Waals surface area contributed by atoms with Crippen molar-refractivity contribution in [3.05, 3.63) is 35.8 Å². The molecule has 0 bridgehead atoms. The van der Waals surface area contributed by atoms with Gasteiger partial charge in [-0.15, -0.1) is 0 Å². The first kappa shape index (κ1) is 23.7. The third-order valence-electron chi connectivity index (χ3n) is 4.84. The van der Waals surface area contributed by atoms with Crippen LogP contribution in [0, 0.1) is 0 Å². The highest BCUT2D eigenvalue weighted by Crippen LogP contribution is 2.11. The van der Waals surface area contributed by atoms with Gasteiger partial charge in [-0.3, -0.25) is 4.79 Å². The number of furan rings is 1. The van der Waals surface area contributed by atoms with Crippen molar-refractivity contribution in [2.75, 3.05) is 6.61 Å². The van der Waals surface area contributed by atoms with E-state index in [1.165, 1.54) is 83.5 Å². The average Bonchev–Trinajstić information content (AvgIpc) is 3.15. The van der Waals surface area contributed by atoms with Gasteiger partial charge in [0, 0.05) is 6.61 Å². The predicted octanol–water partition coefficient (Wildman–Crippen LogP) is 7.65. The summed E-state index contributed by atoms with van der Waals surface area (Å²) in [4.78, 5) is 10.5. The molecule has 3 heteroatoms. The van der Waals surface area contributed by atoms with Gasteiger partial charge in [-0.05, 0) is 44.2 Å². The van der Waals surface area contributed by atoms with Gasteiger partial charge in [-0.25, -0.2) is 0 Å². The number of aldehydes is 1. The zero-order valence-electron chi connectivity index (χ0n) is 17.4. The average molecular weight is 377 g/mol. The van der Waals surface area contributed by atoms with E-state index in [0.717, 1.165) is 25.1 Å². The zero-order valence-corrected chi connectivity index (χ0v) is 17.4. The van der Waals surface area contributed by atoms with Crippen LogP contribution in [-0.2, 0) is 11.3 Å². The molecule has 0 aliphatic rings. The van der Waals surface area contributed by atoms with Crippen LogP contribution in [0.3, 0.4) is 0 Å².